The maximum atomic E-state index is 13.5. The summed E-state index contributed by atoms with van der Waals surface area (Å²) >= 11 is 6.05. The quantitative estimate of drug-likeness (QED) is 0.925. The van der Waals surface area contributed by atoms with Gasteiger partial charge in [-0.15, -0.1) is 0 Å². The summed E-state index contributed by atoms with van der Waals surface area (Å²) in [5, 5.41) is 0.453. The molecule has 3 nitrogen and oxygen atoms in total. The van der Waals surface area contributed by atoms with Crippen molar-refractivity contribution >= 4 is 11.6 Å². The largest absolute Gasteiger partial charge is 0.333 e. The lowest BCUT2D eigenvalue weighted by atomic mass is 10.1. The third-order valence-electron chi connectivity index (χ3n) is 3.03. The summed E-state index contributed by atoms with van der Waals surface area (Å²) in [4.78, 5) is 4.17. The average Bonchev–Trinajstić information content (AvgIpc) is 2.64. The van der Waals surface area contributed by atoms with Gasteiger partial charge in [-0.05, 0) is 24.5 Å². The Balaban J connectivity index is 2.16. The maximum absolute atomic E-state index is 13.5. The molecule has 5 heteroatoms. The molecule has 96 valence electrons. The summed E-state index contributed by atoms with van der Waals surface area (Å²) in [6.45, 7) is 0.343. The number of halogens is 2. The van der Waals surface area contributed by atoms with E-state index in [1.54, 1.807) is 12.1 Å². The molecule has 2 N–H and O–H groups in total. The highest BCUT2D eigenvalue weighted by Crippen LogP contribution is 2.19. The van der Waals surface area contributed by atoms with Crippen LogP contribution in [0.2, 0.25) is 5.15 Å². The van der Waals surface area contributed by atoms with Crippen molar-refractivity contribution in [2.75, 3.05) is 0 Å². The summed E-state index contributed by atoms with van der Waals surface area (Å²) < 4.78 is 15.4. The summed E-state index contributed by atoms with van der Waals surface area (Å²) in [5.41, 5.74) is 7.14. The van der Waals surface area contributed by atoms with Crippen LogP contribution in [0.4, 0.5) is 4.39 Å². The molecule has 0 radical (unpaired) electrons. The first-order chi connectivity index (χ1) is 8.63. The van der Waals surface area contributed by atoms with Gasteiger partial charge in [0, 0.05) is 7.05 Å². The van der Waals surface area contributed by atoms with Crippen LogP contribution in [-0.4, -0.2) is 9.55 Å². The Kier molecular flexibility index (Phi) is 3.99. The molecule has 0 spiro atoms. The Morgan fingerprint density at radius 2 is 2.06 bits per heavy atom. The highest BCUT2D eigenvalue weighted by Gasteiger charge is 2.12. The van der Waals surface area contributed by atoms with E-state index in [0.29, 0.717) is 30.1 Å². The SMILES string of the molecule is Cn1c(CN)nc(Cl)c1CCc1ccccc1F. The molecule has 2 rings (SSSR count). The lowest BCUT2D eigenvalue weighted by Crippen LogP contribution is -2.07. The van der Waals surface area contributed by atoms with E-state index in [0.717, 1.165) is 11.5 Å². The molecule has 1 aromatic carbocycles. The van der Waals surface area contributed by atoms with E-state index in [1.165, 1.54) is 6.07 Å². The van der Waals surface area contributed by atoms with Crippen LogP contribution in [0.5, 0.6) is 0 Å². The standard InChI is InChI=1S/C13H15ClFN3/c1-18-11(13(14)17-12(18)8-16)7-6-9-4-2-3-5-10(9)15/h2-5H,6-8,16H2,1H3. The van der Waals surface area contributed by atoms with Crippen LogP contribution in [0.3, 0.4) is 0 Å². The first kappa shape index (κ1) is 13.1. The summed E-state index contributed by atoms with van der Waals surface area (Å²) in [5.74, 6) is 0.554. The molecular weight excluding hydrogens is 253 g/mol. The van der Waals surface area contributed by atoms with E-state index in [9.17, 15) is 4.39 Å². The van der Waals surface area contributed by atoms with Gasteiger partial charge in [0.1, 0.15) is 11.6 Å². The highest BCUT2D eigenvalue weighted by atomic mass is 35.5. The minimum absolute atomic E-state index is 0.185. The number of nitrogens with zero attached hydrogens (tertiary/aromatic N) is 2. The van der Waals surface area contributed by atoms with E-state index >= 15 is 0 Å². The second kappa shape index (κ2) is 5.50. The molecule has 0 aliphatic heterocycles. The summed E-state index contributed by atoms with van der Waals surface area (Å²) in [6, 6.07) is 6.76. The first-order valence-electron chi connectivity index (χ1n) is 5.77. The monoisotopic (exact) mass is 267 g/mol. The van der Waals surface area contributed by atoms with Gasteiger partial charge in [-0.1, -0.05) is 29.8 Å². The maximum Gasteiger partial charge on any atom is 0.150 e. The number of imidazole rings is 1. The second-order valence-electron chi connectivity index (χ2n) is 4.12. The first-order valence-corrected chi connectivity index (χ1v) is 6.14. The number of rotatable bonds is 4. The third-order valence-corrected chi connectivity index (χ3v) is 3.33. The van der Waals surface area contributed by atoms with Gasteiger partial charge in [-0.25, -0.2) is 9.37 Å². The molecule has 1 heterocycles. The molecule has 0 fully saturated rings. The van der Waals surface area contributed by atoms with Gasteiger partial charge < -0.3 is 10.3 Å². The van der Waals surface area contributed by atoms with Gasteiger partial charge in [0.2, 0.25) is 0 Å². The molecule has 0 atom stereocenters. The zero-order valence-electron chi connectivity index (χ0n) is 10.2. The molecule has 2 aromatic rings. The van der Waals surface area contributed by atoms with Crippen LogP contribution in [0.15, 0.2) is 24.3 Å². The van der Waals surface area contributed by atoms with E-state index in [2.05, 4.69) is 4.98 Å². The molecule has 0 bridgehead atoms. The van der Waals surface area contributed by atoms with Crippen molar-refractivity contribution in [3.8, 4) is 0 Å². The molecule has 0 saturated carbocycles. The van der Waals surface area contributed by atoms with Gasteiger partial charge in [-0.3, -0.25) is 0 Å². The van der Waals surface area contributed by atoms with Crippen molar-refractivity contribution in [3.05, 3.63) is 52.3 Å². The Morgan fingerprint density at radius 1 is 1.33 bits per heavy atom. The van der Waals surface area contributed by atoms with E-state index in [-0.39, 0.29) is 5.82 Å². The van der Waals surface area contributed by atoms with Crippen molar-refractivity contribution in [2.24, 2.45) is 12.8 Å². The molecular formula is C13H15ClFN3. The van der Waals surface area contributed by atoms with Crippen molar-refractivity contribution in [1.82, 2.24) is 9.55 Å². The zero-order chi connectivity index (χ0) is 13.1. The van der Waals surface area contributed by atoms with Gasteiger partial charge in [0.05, 0.1) is 12.2 Å². The van der Waals surface area contributed by atoms with Gasteiger partial charge in [0.15, 0.2) is 5.15 Å². The van der Waals surface area contributed by atoms with Crippen molar-refractivity contribution < 1.29 is 4.39 Å². The van der Waals surface area contributed by atoms with Gasteiger partial charge in [0.25, 0.3) is 0 Å². The fourth-order valence-corrected chi connectivity index (χ4v) is 2.27. The van der Waals surface area contributed by atoms with Crippen LogP contribution in [0.25, 0.3) is 0 Å². The molecule has 0 aliphatic carbocycles. The van der Waals surface area contributed by atoms with Gasteiger partial charge >= 0.3 is 0 Å². The number of hydrogen-bond acceptors (Lipinski definition) is 2. The third kappa shape index (κ3) is 2.54. The fraction of sp³-hybridized carbons (Fsp3) is 0.308. The van der Waals surface area contributed by atoms with Gasteiger partial charge in [-0.2, -0.15) is 0 Å². The molecule has 1 aromatic heterocycles. The van der Waals surface area contributed by atoms with Crippen LogP contribution in [0, 0.1) is 5.82 Å². The molecule has 0 saturated heterocycles. The lowest BCUT2D eigenvalue weighted by Gasteiger charge is -2.06. The van der Waals surface area contributed by atoms with Crippen molar-refractivity contribution in [1.29, 1.82) is 0 Å². The summed E-state index contributed by atoms with van der Waals surface area (Å²) in [7, 11) is 1.87. The predicted octanol–water partition coefficient (Wildman–Crippen LogP) is 2.46. The Labute approximate surface area is 110 Å². The zero-order valence-corrected chi connectivity index (χ0v) is 10.9. The predicted molar refractivity (Wildman–Crippen MR) is 69.9 cm³/mol. The molecule has 0 aliphatic rings. The fourth-order valence-electron chi connectivity index (χ4n) is 1.95. The average molecular weight is 268 g/mol. The minimum atomic E-state index is -0.185. The Bertz CT molecular complexity index is 551. The number of hydrogen-bond donors (Lipinski definition) is 1. The van der Waals surface area contributed by atoms with Crippen molar-refractivity contribution in [2.45, 2.75) is 19.4 Å². The number of aryl methyl sites for hydroxylation is 1. The second-order valence-corrected chi connectivity index (χ2v) is 4.48. The Hall–Kier alpha value is -1.39. The summed E-state index contributed by atoms with van der Waals surface area (Å²) in [6.07, 6.45) is 1.24. The smallest absolute Gasteiger partial charge is 0.150 e. The van der Waals surface area contributed by atoms with Crippen LogP contribution >= 0.6 is 11.6 Å². The Morgan fingerprint density at radius 3 is 2.67 bits per heavy atom. The number of benzene rings is 1. The van der Waals surface area contributed by atoms with Crippen LogP contribution < -0.4 is 5.73 Å². The van der Waals surface area contributed by atoms with Crippen LogP contribution in [0.1, 0.15) is 17.1 Å². The topological polar surface area (TPSA) is 43.8 Å². The van der Waals surface area contributed by atoms with E-state index < -0.39 is 0 Å². The number of nitrogens with two attached hydrogens (primary N) is 1. The highest BCUT2D eigenvalue weighted by molar-refractivity contribution is 6.30. The van der Waals surface area contributed by atoms with Crippen LogP contribution in [-0.2, 0) is 26.4 Å². The van der Waals surface area contributed by atoms with Crippen molar-refractivity contribution in [3.63, 3.8) is 0 Å². The molecule has 18 heavy (non-hydrogen) atoms. The minimum Gasteiger partial charge on any atom is -0.333 e. The lowest BCUT2D eigenvalue weighted by molar-refractivity contribution is 0.606. The van der Waals surface area contributed by atoms with E-state index in [1.807, 2.05) is 17.7 Å². The molecule has 0 unspecified atom stereocenters. The molecule has 0 amide bonds. The number of aromatic nitrogens is 2. The van der Waals surface area contributed by atoms with E-state index in [4.69, 9.17) is 17.3 Å². The normalized spacial score (nSPS) is 10.9.